The molecule has 4 heterocycles. The minimum atomic E-state index is -0.580. The number of H-pyrrole nitrogens is 2. The van der Waals surface area contributed by atoms with Crippen molar-refractivity contribution in [2.45, 2.75) is 44.9 Å². The van der Waals surface area contributed by atoms with Gasteiger partial charge in [-0.15, -0.1) is 23.2 Å². The molecule has 5 aliphatic rings. The van der Waals surface area contributed by atoms with Gasteiger partial charge >= 0.3 is 0 Å². The van der Waals surface area contributed by atoms with Gasteiger partial charge in [-0.3, -0.25) is 9.59 Å². The zero-order valence-electron chi connectivity index (χ0n) is 22.8. The fourth-order valence-corrected chi connectivity index (χ4v) is 9.00. The van der Waals surface area contributed by atoms with Crippen molar-refractivity contribution in [1.29, 1.82) is 0 Å². The van der Waals surface area contributed by atoms with Crippen LogP contribution in [0.15, 0.2) is 24.5 Å². The number of benzene rings is 2. The Balaban J connectivity index is 1.09. The Morgan fingerprint density at radius 3 is 1.56 bits per heavy atom. The number of phenols is 2. The van der Waals surface area contributed by atoms with Gasteiger partial charge in [-0.25, -0.2) is 0 Å². The first-order valence-corrected chi connectivity index (χ1v) is 15.1. The summed E-state index contributed by atoms with van der Waals surface area (Å²) in [5.74, 6) is 0.909. The lowest BCUT2D eigenvalue weighted by molar-refractivity contribution is -0.204. The number of aromatic amines is 2. The summed E-state index contributed by atoms with van der Waals surface area (Å²) in [5.41, 5.74) is 5.63. The van der Waals surface area contributed by atoms with Crippen LogP contribution in [-0.2, 0) is 9.59 Å². The Labute approximate surface area is 246 Å². The fourth-order valence-electron chi connectivity index (χ4n) is 8.50. The van der Waals surface area contributed by atoms with E-state index >= 15 is 0 Å². The van der Waals surface area contributed by atoms with Crippen molar-refractivity contribution in [3.63, 3.8) is 0 Å². The number of phenolic OH excluding ortho intramolecular Hbond substituents is 2. The van der Waals surface area contributed by atoms with E-state index in [0.29, 0.717) is 55.1 Å². The first-order chi connectivity index (χ1) is 19.6. The number of alkyl halides is 2. The van der Waals surface area contributed by atoms with Gasteiger partial charge < -0.3 is 30.0 Å². The predicted molar refractivity (Wildman–Crippen MR) is 160 cm³/mol. The average Bonchev–Trinajstić information content (AvgIpc) is 3.65. The summed E-state index contributed by atoms with van der Waals surface area (Å²) >= 11 is 12.8. The minimum absolute atomic E-state index is 0.00994. The van der Waals surface area contributed by atoms with Crippen molar-refractivity contribution in [1.82, 2.24) is 9.97 Å². The summed E-state index contributed by atoms with van der Waals surface area (Å²) in [6.45, 7) is 4.90. The topological polar surface area (TPSA) is 113 Å². The standard InChI is InChI=1S/C31H30Cl2N4O4/c1-14-7-34-26-20(38)3-18-24(22(14)26)16(5-32)9-36(18)28(40)30-11-31(12-30,13-30)29(41)37-10-17(6-33)25-19(37)4-21(39)27-23(25)15(2)8-35-27/h3-4,7-8,16-17,34-35,38-39H,5-6,9-13H2,1-2H3/t16-,17?,30?,31?/m1/s1. The first-order valence-electron chi connectivity index (χ1n) is 14.1. The van der Waals surface area contributed by atoms with Crippen LogP contribution in [0.1, 0.15) is 53.4 Å². The van der Waals surface area contributed by atoms with E-state index in [2.05, 4.69) is 9.97 Å². The normalized spacial score (nSPS) is 27.7. The Kier molecular flexibility index (Phi) is 5.03. The molecule has 0 saturated heterocycles. The van der Waals surface area contributed by atoms with E-state index in [1.807, 2.05) is 26.2 Å². The van der Waals surface area contributed by atoms with Gasteiger partial charge in [0.2, 0.25) is 11.8 Å². The maximum atomic E-state index is 14.1. The summed E-state index contributed by atoms with van der Waals surface area (Å²) in [6.07, 6.45) is 5.23. The maximum Gasteiger partial charge on any atom is 0.233 e. The molecule has 8 nitrogen and oxygen atoms in total. The number of anilines is 2. The molecular weight excluding hydrogens is 563 g/mol. The molecule has 3 saturated carbocycles. The third kappa shape index (κ3) is 3.02. The molecule has 0 spiro atoms. The largest absolute Gasteiger partial charge is 0.506 e. The second-order valence-electron chi connectivity index (χ2n) is 12.7. The van der Waals surface area contributed by atoms with Crippen LogP contribution >= 0.6 is 23.2 Å². The van der Waals surface area contributed by atoms with Crippen molar-refractivity contribution in [2.24, 2.45) is 10.8 Å². The summed E-state index contributed by atoms with van der Waals surface area (Å²) in [6, 6.07) is 3.35. The van der Waals surface area contributed by atoms with Gasteiger partial charge in [0.1, 0.15) is 11.5 Å². The number of aromatic nitrogens is 2. The monoisotopic (exact) mass is 592 g/mol. The van der Waals surface area contributed by atoms with E-state index in [-0.39, 0.29) is 35.1 Å². The highest BCUT2D eigenvalue weighted by atomic mass is 35.5. The lowest BCUT2D eigenvalue weighted by atomic mass is 9.34. The van der Waals surface area contributed by atoms with E-state index in [1.54, 1.807) is 21.9 Å². The van der Waals surface area contributed by atoms with Crippen LogP contribution in [0.4, 0.5) is 11.4 Å². The Bertz CT molecular complexity index is 1690. The van der Waals surface area contributed by atoms with E-state index in [4.69, 9.17) is 23.2 Å². The molecule has 2 aromatic carbocycles. The Hall–Kier alpha value is -3.36. The van der Waals surface area contributed by atoms with Crippen LogP contribution in [0.5, 0.6) is 11.5 Å². The smallest absolute Gasteiger partial charge is 0.233 e. The quantitative estimate of drug-likeness (QED) is 0.221. The third-order valence-electron chi connectivity index (χ3n) is 10.3. The second kappa shape index (κ2) is 8.13. The van der Waals surface area contributed by atoms with E-state index in [9.17, 15) is 19.8 Å². The molecular formula is C31H30Cl2N4O4. The van der Waals surface area contributed by atoms with Gasteiger partial charge in [0, 0.05) is 72.0 Å². The number of halogens is 2. The van der Waals surface area contributed by atoms with Crippen molar-refractivity contribution in [2.75, 3.05) is 34.6 Å². The van der Waals surface area contributed by atoms with Crippen molar-refractivity contribution in [3.05, 3.63) is 46.8 Å². The molecule has 10 heteroatoms. The second-order valence-corrected chi connectivity index (χ2v) is 13.3. The van der Waals surface area contributed by atoms with Crippen LogP contribution in [0.25, 0.3) is 21.8 Å². The molecule has 3 aliphatic carbocycles. The van der Waals surface area contributed by atoms with Crippen LogP contribution in [-0.4, -0.2) is 56.8 Å². The van der Waals surface area contributed by atoms with Crippen LogP contribution < -0.4 is 9.80 Å². The third-order valence-corrected chi connectivity index (χ3v) is 11.1. The summed E-state index contributed by atoms with van der Waals surface area (Å²) in [4.78, 5) is 38.0. The number of aromatic hydroxyl groups is 2. The summed E-state index contributed by atoms with van der Waals surface area (Å²) in [7, 11) is 0. The number of nitrogens with zero attached hydrogens (tertiary/aromatic N) is 2. The SMILES string of the molecule is Cc1c[nH]c2c(O)cc3c(c12)C(CCl)CN3C(=O)C12CC(C(=O)N3C[C@@H](CCl)c4c3cc(O)c3[nH]cc(C)c43)(C1)C2. The first kappa shape index (κ1) is 25.4. The minimum Gasteiger partial charge on any atom is -0.506 e. The van der Waals surface area contributed by atoms with Crippen LogP contribution in [0.2, 0.25) is 0 Å². The van der Waals surface area contributed by atoms with Gasteiger partial charge in [-0.1, -0.05) is 0 Å². The lowest BCUT2D eigenvalue weighted by Crippen LogP contribution is -2.73. The van der Waals surface area contributed by atoms with Gasteiger partial charge in [-0.05, 0) is 55.4 Å². The highest BCUT2D eigenvalue weighted by Crippen LogP contribution is 2.75. The van der Waals surface area contributed by atoms with E-state index < -0.39 is 10.8 Å². The molecule has 2 bridgehead atoms. The number of carbonyl (C=O) groups excluding carboxylic acids is 2. The molecule has 2 aromatic heterocycles. The van der Waals surface area contributed by atoms with Gasteiger partial charge in [0.05, 0.1) is 33.2 Å². The molecule has 9 rings (SSSR count). The highest BCUT2D eigenvalue weighted by molar-refractivity contribution is 6.20. The molecule has 2 amide bonds. The van der Waals surface area contributed by atoms with Crippen molar-refractivity contribution < 1.29 is 19.8 Å². The number of fused-ring (bicyclic) bond motifs is 6. The Morgan fingerprint density at radius 1 is 0.805 bits per heavy atom. The molecule has 4 N–H and O–H groups in total. The molecule has 2 aliphatic heterocycles. The molecule has 1 unspecified atom stereocenters. The predicted octanol–water partition coefficient (Wildman–Crippen LogP) is 5.89. The number of carbonyl (C=O) groups is 2. The molecule has 3 fully saturated rings. The van der Waals surface area contributed by atoms with E-state index in [0.717, 1.165) is 44.4 Å². The molecule has 41 heavy (non-hydrogen) atoms. The molecule has 0 radical (unpaired) electrons. The zero-order chi connectivity index (χ0) is 28.6. The summed E-state index contributed by atoms with van der Waals surface area (Å²) in [5, 5.41) is 23.4. The fraction of sp³-hybridized carbons (Fsp3) is 0.419. The average molecular weight is 594 g/mol. The lowest BCUT2D eigenvalue weighted by Gasteiger charge is -2.69. The van der Waals surface area contributed by atoms with Gasteiger partial charge in [0.25, 0.3) is 0 Å². The number of hydrogen-bond donors (Lipinski definition) is 4. The van der Waals surface area contributed by atoms with Crippen LogP contribution in [0, 0.1) is 24.7 Å². The molecule has 4 aromatic rings. The van der Waals surface area contributed by atoms with Gasteiger partial charge in [0.15, 0.2) is 0 Å². The van der Waals surface area contributed by atoms with E-state index in [1.165, 1.54) is 0 Å². The maximum absolute atomic E-state index is 14.1. The molecule has 212 valence electrons. The summed E-state index contributed by atoms with van der Waals surface area (Å²) < 4.78 is 0. The number of hydrogen-bond acceptors (Lipinski definition) is 4. The highest BCUT2D eigenvalue weighted by Gasteiger charge is 2.76. The number of aryl methyl sites for hydroxylation is 2. The Morgan fingerprint density at radius 2 is 1.20 bits per heavy atom. The number of nitrogens with one attached hydrogen (secondary N) is 2. The zero-order valence-corrected chi connectivity index (χ0v) is 24.3. The van der Waals surface area contributed by atoms with Gasteiger partial charge in [-0.2, -0.15) is 0 Å². The van der Waals surface area contributed by atoms with Crippen LogP contribution in [0.3, 0.4) is 0 Å². The number of rotatable bonds is 4. The number of amides is 2. The van der Waals surface area contributed by atoms with Crippen molar-refractivity contribution >= 4 is 68.2 Å². The molecule has 2 atom stereocenters. The van der Waals surface area contributed by atoms with Crippen molar-refractivity contribution in [3.8, 4) is 11.5 Å².